The smallest absolute Gasteiger partial charge is 0.238 e. The van der Waals surface area contributed by atoms with Crippen LogP contribution in [0.3, 0.4) is 0 Å². The number of anilines is 1. The molecule has 0 saturated heterocycles. The molecule has 6 heteroatoms. The highest BCUT2D eigenvalue weighted by atomic mass is 16.5. The Morgan fingerprint density at radius 3 is 2.61 bits per heavy atom. The van der Waals surface area contributed by atoms with Crippen molar-refractivity contribution in [3.8, 4) is 5.75 Å². The number of amides is 1. The van der Waals surface area contributed by atoms with E-state index in [1.54, 1.807) is 0 Å². The molecule has 0 unspecified atom stereocenters. The number of carbonyl (C=O) groups excluding carboxylic acids is 1. The first kappa shape index (κ1) is 17.0. The Balaban J connectivity index is 1.85. The molecule has 0 spiro atoms. The summed E-state index contributed by atoms with van der Waals surface area (Å²) in [6.07, 6.45) is 1.84. The Hall–Kier alpha value is -2.34. The minimum absolute atomic E-state index is 0.0433. The molecule has 0 saturated carbocycles. The fourth-order valence-corrected chi connectivity index (χ4v) is 2.29. The van der Waals surface area contributed by atoms with Gasteiger partial charge in [0.05, 0.1) is 19.3 Å². The van der Waals surface area contributed by atoms with Crippen LogP contribution in [-0.2, 0) is 18.4 Å². The Bertz CT molecular complexity index is 649. The summed E-state index contributed by atoms with van der Waals surface area (Å²) in [5, 5.41) is 7.11. The zero-order valence-corrected chi connectivity index (χ0v) is 14.2. The molecule has 2 rings (SSSR count). The zero-order chi connectivity index (χ0) is 16.8. The van der Waals surface area contributed by atoms with E-state index in [0.29, 0.717) is 19.7 Å². The summed E-state index contributed by atoms with van der Waals surface area (Å²) >= 11 is 0. The third kappa shape index (κ3) is 4.82. The number of hydrogen-bond acceptors (Lipinski definition) is 4. The van der Waals surface area contributed by atoms with Gasteiger partial charge in [-0.3, -0.25) is 14.4 Å². The highest BCUT2D eigenvalue weighted by molar-refractivity contribution is 5.92. The van der Waals surface area contributed by atoms with Crippen molar-refractivity contribution in [3.05, 3.63) is 41.7 Å². The first-order valence-electron chi connectivity index (χ1n) is 7.68. The van der Waals surface area contributed by atoms with Gasteiger partial charge in [-0.05, 0) is 45.2 Å². The number of likely N-dealkylation sites (N-methyl/N-ethyl adjacent to an activating group) is 1. The van der Waals surface area contributed by atoms with Gasteiger partial charge in [-0.1, -0.05) is 0 Å². The zero-order valence-electron chi connectivity index (χ0n) is 14.2. The first-order chi connectivity index (χ1) is 11.0. The van der Waals surface area contributed by atoms with Crippen molar-refractivity contribution in [1.29, 1.82) is 0 Å². The van der Waals surface area contributed by atoms with Crippen molar-refractivity contribution in [1.82, 2.24) is 14.7 Å². The van der Waals surface area contributed by atoms with Crippen molar-refractivity contribution in [2.45, 2.75) is 20.4 Å². The molecule has 1 aromatic heterocycles. The van der Waals surface area contributed by atoms with Crippen LogP contribution in [0, 0.1) is 6.92 Å². The molecular formula is C17H24N4O2. The van der Waals surface area contributed by atoms with Crippen LogP contribution in [0.4, 0.5) is 5.69 Å². The second-order valence-electron chi connectivity index (χ2n) is 5.56. The van der Waals surface area contributed by atoms with Gasteiger partial charge in [0.25, 0.3) is 0 Å². The fourth-order valence-electron chi connectivity index (χ4n) is 2.29. The summed E-state index contributed by atoms with van der Waals surface area (Å²) in [5.41, 5.74) is 3.01. The van der Waals surface area contributed by atoms with Crippen molar-refractivity contribution >= 4 is 11.6 Å². The Morgan fingerprint density at radius 1 is 1.35 bits per heavy atom. The number of carbonyl (C=O) groups is 1. The van der Waals surface area contributed by atoms with Gasteiger partial charge in [-0.15, -0.1) is 0 Å². The van der Waals surface area contributed by atoms with Gasteiger partial charge >= 0.3 is 0 Å². The standard InChI is InChI=1S/C17H24N4O2/c1-5-23-16-8-6-15(7-9-16)19-17(22)12-20(3)11-14-10-18-21(4)13(14)2/h6-10H,5,11-12H2,1-4H3,(H,19,22). The lowest BCUT2D eigenvalue weighted by Gasteiger charge is -2.16. The molecule has 0 aliphatic carbocycles. The minimum Gasteiger partial charge on any atom is -0.494 e. The maximum Gasteiger partial charge on any atom is 0.238 e. The number of ether oxygens (including phenoxy) is 1. The van der Waals surface area contributed by atoms with Crippen LogP contribution < -0.4 is 10.1 Å². The van der Waals surface area contributed by atoms with Crippen LogP contribution in [0.5, 0.6) is 5.75 Å². The largest absolute Gasteiger partial charge is 0.494 e. The molecule has 0 fully saturated rings. The van der Waals surface area contributed by atoms with Gasteiger partial charge in [0.1, 0.15) is 5.75 Å². The number of aromatic nitrogens is 2. The van der Waals surface area contributed by atoms with Crippen LogP contribution in [0.1, 0.15) is 18.2 Å². The molecule has 6 nitrogen and oxygen atoms in total. The van der Waals surface area contributed by atoms with Crippen LogP contribution in [0.2, 0.25) is 0 Å². The van der Waals surface area contributed by atoms with Gasteiger partial charge in [-0.2, -0.15) is 5.10 Å². The Labute approximate surface area is 137 Å². The van der Waals surface area contributed by atoms with E-state index in [1.165, 1.54) is 0 Å². The molecule has 1 heterocycles. The highest BCUT2D eigenvalue weighted by Gasteiger charge is 2.11. The van der Waals surface area contributed by atoms with E-state index in [9.17, 15) is 4.79 Å². The van der Waals surface area contributed by atoms with Gasteiger partial charge in [-0.25, -0.2) is 0 Å². The van der Waals surface area contributed by atoms with E-state index in [0.717, 1.165) is 22.7 Å². The summed E-state index contributed by atoms with van der Waals surface area (Å²) in [7, 11) is 3.83. The normalized spacial score (nSPS) is 10.8. The van der Waals surface area contributed by atoms with Crippen LogP contribution >= 0.6 is 0 Å². The van der Waals surface area contributed by atoms with Gasteiger partial charge in [0.2, 0.25) is 5.91 Å². The second kappa shape index (κ2) is 7.78. The number of nitrogens with zero attached hydrogens (tertiary/aromatic N) is 3. The third-order valence-corrected chi connectivity index (χ3v) is 3.64. The van der Waals surface area contributed by atoms with Crippen LogP contribution in [0.25, 0.3) is 0 Å². The molecule has 1 N–H and O–H groups in total. The molecule has 1 aromatic carbocycles. The lowest BCUT2D eigenvalue weighted by atomic mass is 10.2. The van der Waals surface area contributed by atoms with Gasteiger partial charge in [0, 0.05) is 30.5 Å². The monoisotopic (exact) mass is 316 g/mol. The number of nitrogens with one attached hydrogen (secondary N) is 1. The maximum absolute atomic E-state index is 12.1. The fraction of sp³-hybridized carbons (Fsp3) is 0.412. The average molecular weight is 316 g/mol. The van der Waals surface area contributed by atoms with E-state index >= 15 is 0 Å². The molecule has 1 amide bonds. The van der Waals surface area contributed by atoms with Gasteiger partial charge in [0.15, 0.2) is 0 Å². The summed E-state index contributed by atoms with van der Waals surface area (Å²) in [6, 6.07) is 7.38. The SMILES string of the molecule is CCOc1ccc(NC(=O)CN(C)Cc2cnn(C)c2C)cc1. The van der Waals surface area contributed by atoms with Crippen molar-refractivity contribution in [2.24, 2.45) is 7.05 Å². The average Bonchev–Trinajstić information content (AvgIpc) is 2.81. The topological polar surface area (TPSA) is 59.4 Å². The minimum atomic E-state index is -0.0433. The predicted molar refractivity (Wildman–Crippen MR) is 90.5 cm³/mol. The molecule has 23 heavy (non-hydrogen) atoms. The van der Waals surface area contributed by atoms with Crippen molar-refractivity contribution in [2.75, 3.05) is 25.5 Å². The quantitative estimate of drug-likeness (QED) is 0.851. The predicted octanol–water partition coefficient (Wildman–Crippen LogP) is 2.20. The number of rotatable bonds is 7. The molecular weight excluding hydrogens is 292 g/mol. The second-order valence-corrected chi connectivity index (χ2v) is 5.56. The molecule has 0 aliphatic rings. The summed E-state index contributed by atoms with van der Waals surface area (Å²) < 4.78 is 7.22. The Kier molecular flexibility index (Phi) is 5.76. The maximum atomic E-state index is 12.1. The van der Waals surface area contributed by atoms with Gasteiger partial charge < -0.3 is 10.1 Å². The number of benzene rings is 1. The number of hydrogen-bond donors (Lipinski definition) is 1. The van der Waals surface area contributed by atoms with E-state index in [-0.39, 0.29) is 5.91 Å². The number of aryl methyl sites for hydroxylation is 1. The summed E-state index contributed by atoms with van der Waals surface area (Å²) in [5.74, 6) is 0.757. The summed E-state index contributed by atoms with van der Waals surface area (Å²) in [6.45, 7) is 5.61. The molecule has 0 bridgehead atoms. The lowest BCUT2D eigenvalue weighted by Crippen LogP contribution is -2.29. The molecule has 0 aliphatic heterocycles. The van der Waals surface area contributed by atoms with Crippen LogP contribution in [-0.4, -0.2) is 40.8 Å². The van der Waals surface area contributed by atoms with Crippen molar-refractivity contribution < 1.29 is 9.53 Å². The van der Waals surface area contributed by atoms with E-state index in [1.807, 2.05) is 68.0 Å². The van der Waals surface area contributed by atoms with E-state index in [4.69, 9.17) is 4.74 Å². The third-order valence-electron chi connectivity index (χ3n) is 3.64. The lowest BCUT2D eigenvalue weighted by molar-refractivity contribution is -0.117. The van der Waals surface area contributed by atoms with E-state index in [2.05, 4.69) is 10.4 Å². The first-order valence-corrected chi connectivity index (χ1v) is 7.68. The van der Waals surface area contributed by atoms with E-state index < -0.39 is 0 Å². The highest BCUT2D eigenvalue weighted by Crippen LogP contribution is 2.15. The summed E-state index contributed by atoms with van der Waals surface area (Å²) in [4.78, 5) is 14.1. The van der Waals surface area contributed by atoms with Crippen LogP contribution in [0.15, 0.2) is 30.5 Å². The molecule has 0 radical (unpaired) electrons. The Morgan fingerprint density at radius 2 is 2.04 bits per heavy atom. The molecule has 124 valence electrons. The van der Waals surface area contributed by atoms with Crippen molar-refractivity contribution in [3.63, 3.8) is 0 Å². The molecule has 2 aromatic rings. The molecule has 0 atom stereocenters.